The monoisotopic (exact) mass is 194 g/mol. The van der Waals surface area contributed by atoms with Crippen LogP contribution in [0.25, 0.3) is 0 Å². The van der Waals surface area contributed by atoms with Crippen LogP contribution in [0.5, 0.6) is 0 Å². The van der Waals surface area contributed by atoms with Gasteiger partial charge in [0.2, 0.25) is 0 Å². The Labute approximate surface area is 85.0 Å². The third-order valence-corrected chi connectivity index (χ3v) is 3.86. The first-order valence-corrected chi connectivity index (χ1v) is 5.57. The van der Waals surface area contributed by atoms with Crippen molar-refractivity contribution in [2.75, 3.05) is 0 Å². The van der Waals surface area contributed by atoms with E-state index in [1.165, 1.54) is 0 Å². The molecule has 0 aliphatic heterocycles. The van der Waals surface area contributed by atoms with Gasteiger partial charge in [0.05, 0.1) is 6.10 Å². The van der Waals surface area contributed by atoms with E-state index >= 15 is 0 Å². The molecule has 0 aromatic heterocycles. The lowest BCUT2D eigenvalue weighted by Gasteiger charge is -2.41. The zero-order chi connectivity index (χ0) is 10.1. The summed E-state index contributed by atoms with van der Waals surface area (Å²) in [5.41, 5.74) is 0. The second-order valence-corrected chi connectivity index (χ2v) is 4.59. The summed E-state index contributed by atoms with van der Waals surface area (Å²) in [6.45, 7) is 3.83. The first-order valence-electron chi connectivity index (χ1n) is 5.57. The third kappa shape index (κ3) is 1.52. The Kier molecular flexibility index (Phi) is 2.73. The van der Waals surface area contributed by atoms with Crippen LogP contribution in [-0.2, 0) is 4.79 Å². The van der Waals surface area contributed by atoms with E-state index in [4.69, 9.17) is 0 Å². The predicted octanol–water partition coefficient (Wildman–Crippen LogP) is 1.93. The smallest absolute Gasteiger partial charge is 0.138 e. The molecule has 78 valence electrons. The molecule has 2 saturated carbocycles. The van der Waals surface area contributed by atoms with Gasteiger partial charge >= 0.3 is 0 Å². The Balaban J connectivity index is 2.19. The highest BCUT2D eigenvalue weighted by molar-refractivity contribution is 5.82. The maximum Gasteiger partial charge on any atom is 0.138 e. The molecule has 2 aliphatic carbocycles. The summed E-state index contributed by atoms with van der Waals surface area (Å²) < 4.78 is 0. The van der Waals surface area contributed by atoms with Crippen molar-refractivity contribution < 1.29 is 9.90 Å². The van der Waals surface area contributed by atoms with Gasteiger partial charge in [0.1, 0.15) is 5.78 Å². The zero-order valence-electron chi connectivity index (χ0n) is 8.48. The largest absolute Gasteiger partial charge is 0.392 e. The summed E-state index contributed by atoms with van der Waals surface area (Å²) in [5, 5.41) is 9.83. The average Bonchev–Trinajstić information content (AvgIpc) is 2.18. The lowest BCUT2D eigenvalue weighted by atomic mass is 9.64. The first kappa shape index (κ1) is 9.91. The first-order chi connectivity index (χ1) is 6.74. The minimum absolute atomic E-state index is 0.0829. The van der Waals surface area contributed by atoms with Gasteiger partial charge in [0, 0.05) is 12.3 Å². The van der Waals surface area contributed by atoms with E-state index in [-0.39, 0.29) is 17.8 Å². The second kappa shape index (κ2) is 3.85. The summed E-state index contributed by atoms with van der Waals surface area (Å²) in [5.74, 6) is 1.02. The molecule has 14 heavy (non-hydrogen) atoms. The number of aliphatic hydroxyl groups is 1. The van der Waals surface area contributed by atoms with Gasteiger partial charge < -0.3 is 5.11 Å². The lowest BCUT2D eigenvalue weighted by Crippen LogP contribution is -2.44. The Morgan fingerprint density at radius 2 is 2.14 bits per heavy atom. The summed E-state index contributed by atoms with van der Waals surface area (Å²) in [4.78, 5) is 11.7. The minimum atomic E-state index is -0.385. The van der Waals surface area contributed by atoms with E-state index < -0.39 is 0 Å². The summed E-state index contributed by atoms with van der Waals surface area (Å²) in [7, 11) is 0. The van der Waals surface area contributed by atoms with E-state index in [2.05, 4.69) is 6.58 Å². The van der Waals surface area contributed by atoms with Crippen molar-refractivity contribution in [1.82, 2.24) is 0 Å². The van der Waals surface area contributed by atoms with Crippen molar-refractivity contribution in [3.63, 3.8) is 0 Å². The van der Waals surface area contributed by atoms with Crippen molar-refractivity contribution in [1.29, 1.82) is 0 Å². The molecule has 2 aliphatic rings. The number of aliphatic hydroxyl groups excluding tert-OH is 1. The molecule has 2 heteroatoms. The van der Waals surface area contributed by atoms with Crippen molar-refractivity contribution in [2.45, 2.75) is 38.2 Å². The Morgan fingerprint density at radius 3 is 2.86 bits per heavy atom. The lowest BCUT2D eigenvalue weighted by molar-refractivity contribution is -0.135. The molecule has 1 N–H and O–H groups in total. The fourth-order valence-corrected chi connectivity index (χ4v) is 3.13. The summed E-state index contributed by atoms with van der Waals surface area (Å²) in [6, 6.07) is 0. The van der Waals surface area contributed by atoms with Crippen LogP contribution in [0.3, 0.4) is 0 Å². The second-order valence-electron chi connectivity index (χ2n) is 4.59. The highest BCUT2D eigenvalue weighted by atomic mass is 16.3. The summed E-state index contributed by atoms with van der Waals surface area (Å²) >= 11 is 0. The molecule has 0 spiro atoms. The van der Waals surface area contributed by atoms with E-state index in [1.807, 2.05) is 6.08 Å². The topological polar surface area (TPSA) is 37.3 Å². The Bertz CT molecular complexity index is 247. The fourth-order valence-electron chi connectivity index (χ4n) is 3.13. The van der Waals surface area contributed by atoms with Gasteiger partial charge in [-0.1, -0.05) is 6.08 Å². The minimum Gasteiger partial charge on any atom is -0.392 e. The van der Waals surface area contributed by atoms with Crippen molar-refractivity contribution >= 4 is 5.78 Å². The molecule has 0 radical (unpaired) electrons. The van der Waals surface area contributed by atoms with Crippen LogP contribution in [0.1, 0.15) is 32.1 Å². The van der Waals surface area contributed by atoms with Crippen LogP contribution >= 0.6 is 0 Å². The van der Waals surface area contributed by atoms with Gasteiger partial charge in [0.15, 0.2) is 0 Å². The number of rotatable bonds is 1. The predicted molar refractivity (Wildman–Crippen MR) is 54.8 cm³/mol. The van der Waals surface area contributed by atoms with Gasteiger partial charge in [-0.15, -0.1) is 6.58 Å². The molecule has 0 amide bonds. The van der Waals surface area contributed by atoms with Crippen LogP contribution in [0.15, 0.2) is 12.7 Å². The standard InChI is InChI=1S/C12H18O2/c1-2-8-6-7-11(14)12-9(8)4-3-5-10(12)13/h2,8-9,11-12,14H,1,3-7H2/t8-,9+,11-,12+/m0/s1. The molecular weight excluding hydrogens is 176 g/mol. The number of fused-ring (bicyclic) bond motifs is 1. The van der Waals surface area contributed by atoms with E-state index in [9.17, 15) is 9.90 Å². The number of ketones is 1. The van der Waals surface area contributed by atoms with Crippen molar-refractivity contribution in [3.8, 4) is 0 Å². The third-order valence-electron chi connectivity index (χ3n) is 3.86. The Hall–Kier alpha value is -0.630. The molecule has 0 heterocycles. The van der Waals surface area contributed by atoms with Crippen LogP contribution in [0, 0.1) is 17.8 Å². The normalized spacial score (nSPS) is 43.1. The number of allylic oxidation sites excluding steroid dienone is 1. The van der Waals surface area contributed by atoms with Crippen molar-refractivity contribution in [2.24, 2.45) is 17.8 Å². The molecule has 0 bridgehead atoms. The SMILES string of the molecule is C=C[C@H]1CC[C@H](O)[C@H]2C(=O)CCC[C@@H]21. The van der Waals surface area contributed by atoms with Gasteiger partial charge in [-0.05, 0) is 37.5 Å². The number of carbonyl (C=O) groups excluding carboxylic acids is 1. The highest BCUT2D eigenvalue weighted by Gasteiger charge is 2.42. The molecular formula is C12H18O2. The molecule has 0 aromatic carbocycles. The van der Waals surface area contributed by atoms with Gasteiger partial charge in [-0.3, -0.25) is 4.79 Å². The molecule has 2 fully saturated rings. The van der Waals surface area contributed by atoms with Crippen LogP contribution in [0.2, 0.25) is 0 Å². The van der Waals surface area contributed by atoms with E-state index in [0.717, 1.165) is 25.7 Å². The van der Waals surface area contributed by atoms with Gasteiger partial charge in [-0.25, -0.2) is 0 Å². The van der Waals surface area contributed by atoms with Crippen LogP contribution in [-0.4, -0.2) is 17.0 Å². The molecule has 2 nitrogen and oxygen atoms in total. The fraction of sp³-hybridized carbons (Fsp3) is 0.750. The maximum absolute atomic E-state index is 11.7. The van der Waals surface area contributed by atoms with Crippen LogP contribution < -0.4 is 0 Å². The molecule has 4 atom stereocenters. The zero-order valence-corrected chi connectivity index (χ0v) is 8.48. The van der Waals surface area contributed by atoms with Gasteiger partial charge in [-0.2, -0.15) is 0 Å². The highest BCUT2D eigenvalue weighted by Crippen LogP contribution is 2.42. The number of Topliss-reactive ketones (excluding diaryl/α,β-unsaturated/α-hetero) is 1. The van der Waals surface area contributed by atoms with E-state index in [1.54, 1.807) is 0 Å². The summed E-state index contributed by atoms with van der Waals surface area (Å²) in [6.07, 6.45) is 6.11. The number of carbonyl (C=O) groups is 1. The average molecular weight is 194 g/mol. The quantitative estimate of drug-likeness (QED) is 0.648. The Morgan fingerprint density at radius 1 is 1.36 bits per heavy atom. The number of hydrogen-bond acceptors (Lipinski definition) is 2. The molecule has 0 saturated heterocycles. The number of hydrogen-bond donors (Lipinski definition) is 1. The van der Waals surface area contributed by atoms with Crippen molar-refractivity contribution in [3.05, 3.63) is 12.7 Å². The van der Waals surface area contributed by atoms with Crippen LogP contribution in [0.4, 0.5) is 0 Å². The molecule has 0 unspecified atom stereocenters. The molecule has 2 rings (SSSR count). The van der Waals surface area contributed by atoms with E-state index in [0.29, 0.717) is 18.3 Å². The maximum atomic E-state index is 11.7. The van der Waals surface area contributed by atoms with Gasteiger partial charge in [0.25, 0.3) is 0 Å². The molecule has 0 aromatic rings.